The maximum atomic E-state index is 12.9. The minimum absolute atomic E-state index is 0.302. The van der Waals surface area contributed by atoms with E-state index in [1.54, 1.807) is 0 Å². The molecule has 3 atom stereocenters. The molecule has 3 unspecified atom stereocenters. The lowest BCUT2D eigenvalue weighted by Gasteiger charge is -2.33. The van der Waals surface area contributed by atoms with Gasteiger partial charge in [0.2, 0.25) is 5.91 Å². The molecule has 22 heavy (non-hydrogen) atoms. The molecule has 122 valence electrons. The maximum absolute atomic E-state index is 12.9. The highest BCUT2D eigenvalue weighted by Crippen LogP contribution is 2.44. The SMILES string of the molecule is O=C(C1CC2C=CC1C2)N1CCCN(C2CCCCC2)CC1. The zero-order chi connectivity index (χ0) is 14.9. The predicted molar refractivity (Wildman–Crippen MR) is 88.5 cm³/mol. The Bertz CT molecular complexity index is 441. The van der Waals surface area contributed by atoms with E-state index < -0.39 is 0 Å². The van der Waals surface area contributed by atoms with Gasteiger partial charge in [-0.3, -0.25) is 9.69 Å². The number of rotatable bonds is 2. The summed E-state index contributed by atoms with van der Waals surface area (Å²) in [4.78, 5) is 17.8. The van der Waals surface area contributed by atoms with Crippen molar-refractivity contribution >= 4 is 5.91 Å². The van der Waals surface area contributed by atoms with Crippen molar-refractivity contribution in [3.05, 3.63) is 12.2 Å². The van der Waals surface area contributed by atoms with Gasteiger partial charge in [0.15, 0.2) is 0 Å². The number of nitrogens with zero attached hydrogens (tertiary/aromatic N) is 2. The predicted octanol–water partition coefficient (Wildman–Crippen LogP) is 3.07. The molecular formula is C19H30N2O. The molecule has 4 rings (SSSR count). The van der Waals surface area contributed by atoms with Gasteiger partial charge in [-0.1, -0.05) is 31.4 Å². The first-order chi connectivity index (χ1) is 10.8. The standard InChI is InChI=1S/C19H30N2O/c22-19(18-14-15-7-8-16(18)13-15)21-10-4-9-20(11-12-21)17-5-2-1-3-6-17/h7-8,15-18H,1-6,9-14H2. The molecule has 2 saturated carbocycles. The molecule has 1 aliphatic heterocycles. The summed E-state index contributed by atoms with van der Waals surface area (Å²) in [5.74, 6) is 2.01. The van der Waals surface area contributed by atoms with E-state index >= 15 is 0 Å². The van der Waals surface area contributed by atoms with E-state index in [1.165, 1.54) is 51.5 Å². The summed E-state index contributed by atoms with van der Waals surface area (Å²) >= 11 is 0. The van der Waals surface area contributed by atoms with Crippen LogP contribution in [0.15, 0.2) is 12.2 Å². The Hall–Kier alpha value is -0.830. The van der Waals surface area contributed by atoms with Gasteiger partial charge in [-0.15, -0.1) is 0 Å². The van der Waals surface area contributed by atoms with E-state index in [-0.39, 0.29) is 0 Å². The van der Waals surface area contributed by atoms with Gasteiger partial charge in [0, 0.05) is 38.1 Å². The quantitative estimate of drug-likeness (QED) is 0.732. The number of carbonyl (C=O) groups is 1. The van der Waals surface area contributed by atoms with E-state index in [0.717, 1.165) is 32.1 Å². The molecule has 1 heterocycles. The van der Waals surface area contributed by atoms with Gasteiger partial charge in [0.05, 0.1) is 0 Å². The second-order valence-corrected chi connectivity index (χ2v) is 7.89. The minimum atomic E-state index is 0.302. The normalized spacial score (nSPS) is 36.7. The molecule has 4 aliphatic rings. The van der Waals surface area contributed by atoms with Crippen LogP contribution in [0.4, 0.5) is 0 Å². The molecule has 1 amide bonds. The molecule has 3 nitrogen and oxygen atoms in total. The lowest BCUT2D eigenvalue weighted by atomic mass is 9.92. The number of carbonyl (C=O) groups excluding carboxylic acids is 1. The van der Waals surface area contributed by atoms with Crippen molar-refractivity contribution in [2.45, 2.75) is 57.4 Å². The highest BCUT2D eigenvalue weighted by molar-refractivity contribution is 5.80. The third kappa shape index (κ3) is 2.84. The van der Waals surface area contributed by atoms with Crippen LogP contribution < -0.4 is 0 Å². The van der Waals surface area contributed by atoms with Gasteiger partial charge in [0.1, 0.15) is 0 Å². The number of hydrogen-bond donors (Lipinski definition) is 0. The molecule has 3 aliphatic carbocycles. The monoisotopic (exact) mass is 302 g/mol. The Labute approximate surface area is 134 Å². The van der Waals surface area contributed by atoms with Crippen molar-refractivity contribution in [2.24, 2.45) is 17.8 Å². The van der Waals surface area contributed by atoms with Crippen LogP contribution in [0.5, 0.6) is 0 Å². The highest BCUT2D eigenvalue weighted by Gasteiger charge is 2.41. The van der Waals surface area contributed by atoms with Crippen molar-refractivity contribution in [1.82, 2.24) is 9.80 Å². The van der Waals surface area contributed by atoms with E-state index in [4.69, 9.17) is 0 Å². The Balaban J connectivity index is 1.34. The van der Waals surface area contributed by atoms with Crippen LogP contribution in [0.25, 0.3) is 0 Å². The molecule has 3 fully saturated rings. The molecule has 1 saturated heterocycles. The average molecular weight is 302 g/mol. The number of amides is 1. The Morgan fingerprint density at radius 2 is 1.73 bits per heavy atom. The van der Waals surface area contributed by atoms with Gasteiger partial charge in [-0.2, -0.15) is 0 Å². The summed E-state index contributed by atoms with van der Waals surface area (Å²) in [6.07, 6.45) is 15.1. The molecule has 0 aromatic rings. The van der Waals surface area contributed by atoms with Crippen molar-refractivity contribution in [3.8, 4) is 0 Å². The lowest BCUT2D eigenvalue weighted by molar-refractivity contribution is -0.136. The zero-order valence-electron chi connectivity index (χ0n) is 13.8. The maximum Gasteiger partial charge on any atom is 0.226 e. The topological polar surface area (TPSA) is 23.6 Å². The fraction of sp³-hybridized carbons (Fsp3) is 0.842. The fourth-order valence-electron chi connectivity index (χ4n) is 5.27. The van der Waals surface area contributed by atoms with E-state index in [2.05, 4.69) is 22.0 Å². The summed E-state index contributed by atoms with van der Waals surface area (Å²) in [6.45, 7) is 4.25. The molecule has 0 spiro atoms. The number of allylic oxidation sites excluding steroid dienone is 2. The first-order valence-electron chi connectivity index (χ1n) is 9.52. The highest BCUT2D eigenvalue weighted by atomic mass is 16.2. The Morgan fingerprint density at radius 1 is 0.864 bits per heavy atom. The van der Waals surface area contributed by atoms with Gasteiger partial charge in [-0.25, -0.2) is 0 Å². The van der Waals surface area contributed by atoms with Gasteiger partial charge in [0.25, 0.3) is 0 Å². The second-order valence-electron chi connectivity index (χ2n) is 7.89. The zero-order valence-corrected chi connectivity index (χ0v) is 13.8. The number of hydrogen-bond acceptors (Lipinski definition) is 2. The first kappa shape index (κ1) is 14.7. The van der Waals surface area contributed by atoms with Crippen LogP contribution in [0.1, 0.15) is 51.4 Å². The van der Waals surface area contributed by atoms with E-state index in [9.17, 15) is 4.79 Å². The summed E-state index contributed by atoms with van der Waals surface area (Å²) < 4.78 is 0. The molecule has 3 heteroatoms. The van der Waals surface area contributed by atoms with Crippen molar-refractivity contribution in [1.29, 1.82) is 0 Å². The van der Waals surface area contributed by atoms with Crippen LogP contribution in [0.2, 0.25) is 0 Å². The van der Waals surface area contributed by atoms with E-state index in [1.807, 2.05) is 0 Å². The fourth-order valence-corrected chi connectivity index (χ4v) is 5.27. The summed E-state index contributed by atoms with van der Waals surface area (Å²) in [5.41, 5.74) is 0. The van der Waals surface area contributed by atoms with Crippen LogP contribution in [0.3, 0.4) is 0 Å². The van der Waals surface area contributed by atoms with Crippen molar-refractivity contribution < 1.29 is 4.79 Å². The summed E-state index contributed by atoms with van der Waals surface area (Å²) in [7, 11) is 0. The second kappa shape index (κ2) is 6.35. The average Bonchev–Trinajstić information content (AvgIpc) is 3.11. The van der Waals surface area contributed by atoms with Gasteiger partial charge >= 0.3 is 0 Å². The van der Waals surface area contributed by atoms with Crippen LogP contribution in [0, 0.1) is 17.8 Å². The minimum Gasteiger partial charge on any atom is -0.341 e. The van der Waals surface area contributed by atoms with Gasteiger partial charge in [-0.05, 0) is 43.9 Å². The molecule has 2 bridgehead atoms. The molecule has 0 radical (unpaired) electrons. The Kier molecular flexibility index (Phi) is 4.25. The van der Waals surface area contributed by atoms with Crippen LogP contribution in [-0.2, 0) is 4.79 Å². The molecule has 0 N–H and O–H groups in total. The third-order valence-corrected chi connectivity index (χ3v) is 6.53. The summed E-state index contributed by atoms with van der Waals surface area (Å²) in [6, 6.07) is 0.800. The van der Waals surface area contributed by atoms with Crippen molar-refractivity contribution in [2.75, 3.05) is 26.2 Å². The van der Waals surface area contributed by atoms with E-state index in [0.29, 0.717) is 23.7 Å². The molecule has 0 aromatic heterocycles. The summed E-state index contributed by atoms with van der Waals surface area (Å²) in [5, 5.41) is 0. The van der Waals surface area contributed by atoms with Crippen molar-refractivity contribution in [3.63, 3.8) is 0 Å². The van der Waals surface area contributed by atoms with Crippen LogP contribution in [-0.4, -0.2) is 47.9 Å². The Morgan fingerprint density at radius 3 is 2.45 bits per heavy atom. The lowest BCUT2D eigenvalue weighted by Crippen LogP contribution is -2.42. The van der Waals surface area contributed by atoms with Gasteiger partial charge < -0.3 is 4.90 Å². The largest absolute Gasteiger partial charge is 0.341 e. The van der Waals surface area contributed by atoms with Crippen LogP contribution >= 0.6 is 0 Å². The molecular weight excluding hydrogens is 272 g/mol. The number of fused-ring (bicyclic) bond motifs is 2. The first-order valence-corrected chi connectivity index (χ1v) is 9.52. The smallest absolute Gasteiger partial charge is 0.226 e. The molecule has 0 aromatic carbocycles. The third-order valence-electron chi connectivity index (χ3n) is 6.53.